The number of ether oxygens (including phenoxy) is 1. The van der Waals surface area contributed by atoms with E-state index in [1.165, 1.54) is 6.08 Å². The zero-order valence-corrected chi connectivity index (χ0v) is 9.09. The fraction of sp³-hybridized carbons (Fsp3) is 0.600. The lowest BCUT2D eigenvalue weighted by molar-refractivity contribution is -0.137. The largest absolute Gasteiger partial charge is 0.463 e. The molecule has 0 spiro atoms. The first-order valence-corrected chi connectivity index (χ1v) is 4.52. The van der Waals surface area contributed by atoms with Crippen LogP contribution >= 0.6 is 0 Å². The number of nitrogens with one attached hydrogen (secondary N) is 1. The Labute approximate surface area is 84.3 Å². The molecule has 0 aliphatic carbocycles. The van der Waals surface area contributed by atoms with Crippen molar-refractivity contribution in [1.29, 1.82) is 0 Å². The smallest absolute Gasteiger partial charge is 0.330 e. The molecule has 0 rings (SSSR count). The lowest BCUT2D eigenvalue weighted by atomic mass is 10.1. The maximum atomic E-state index is 11.2. The minimum atomic E-state index is -0.503. The number of rotatable bonds is 3. The molecule has 14 heavy (non-hydrogen) atoms. The highest BCUT2D eigenvalue weighted by molar-refractivity contribution is 5.94. The molecule has 0 unspecified atom stereocenters. The van der Waals surface area contributed by atoms with Crippen molar-refractivity contribution in [3.8, 4) is 0 Å². The maximum absolute atomic E-state index is 11.2. The second kappa shape index (κ2) is 5.42. The molecular formula is C10H17NO3. The van der Waals surface area contributed by atoms with Gasteiger partial charge in [-0.2, -0.15) is 0 Å². The van der Waals surface area contributed by atoms with E-state index < -0.39 is 5.97 Å². The van der Waals surface area contributed by atoms with Gasteiger partial charge in [0, 0.05) is 17.7 Å². The minimum Gasteiger partial charge on any atom is -0.463 e. The van der Waals surface area contributed by atoms with E-state index in [-0.39, 0.29) is 11.4 Å². The van der Waals surface area contributed by atoms with Crippen LogP contribution in [0.5, 0.6) is 0 Å². The summed E-state index contributed by atoms with van der Waals surface area (Å²) in [6, 6.07) is 0. The SMILES string of the molecule is CCOC(=O)/C=C/C(=O)NC(C)(C)C. The van der Waals surface area contributed by atoms with Gasteiger partial charge in [0.1, 0.15) is 0 Å². The summed E-state index contributed by atoms with van der Waals surface area (Å²) in [6.07, 6.45) is 2.29. The van der Waals surface area contributed by atoms with Crippen molar-refractivity contribution >= 4 is 11.9 Å². The summed E-state index contributed by atoms with van der Waals surface area (Å²) < 4.78 is 4.62. The predicted molar refractivity (Wildman–Crippen MR) is 53.7 cm³/mol. The van der Waals surface area contributed by atoms with E-state index in [0.29, 0.717) is 6.61 Å². The third-order valence-electron chi connectivity index (χ3n) is 1.16. The molecule has 0 atom stereocenters. The molecule has 0 bridgehead atoms. The Morgan fingerprint density at radius 2 is 1.86 bits per heavy atom. The van der Waals surface area contributed by atoms with Crippen LogP contribution in [0.2, 0.25) is 0 Å². The van der Waals surface area contributed by atoms with Crippen LogP contribution in [0.3, 0.4) is 0 Å². The lowest BCUT2D eigenvalue weighted by Gasteiger charge is -2.18. The van der Waals surface area contributed by atoms with E-state index in [2.05, 4.69) is 10.1 Å². The molecule has 0 fully saturated rings. The highest BCUT2D eigenvalue weighted by Gasteiger charge is 2.11. The molecule has 0 heterocycles. The van der Waals surface area contributed by atoms with Gasteiger partial charge < -0.3 is 10.1 Å². The third kappa shape index (κ3) is 7.34. The molecule has 4 heteroatoms. The number of carbonyl (C=O) groups excluding carboxylic acids is 2. The zero-order chi connectivity index (χ0) is 11.2. The summed E-state index contributed by atoms with van der Waals surface area (Å²) in [6.45, 7) is 7.61. The fourth-order valence-corrected chi connectivity index (χ4v) is 0.745. The van der Waals surface area contributed by atoms with Crippen molar-refractivity contribution in [2.75, 3.05) is 6.61 Å². The van der Waals surface area contributed by atoms with Crippen LogP contribution in [-0.4, -0.2) is 24.0 Å². The number of amides is 1. The number of hydrogen-bond acceptors (Lipinski definition) is 3. The molecule has 0 aromatic carbocycles. The Balaban J connectivity index is 4.00. The Morgan fingerprint density at radius 1 is 1.29 bits per heavy atom. The molecule has 0 aromatic heterocycles. The van der Waals surface area contributed by atoms with Crippen LogP contribution in [-0.2, 0) is 14.3 Å². The quantitative estimate of drug-likeness (QED) is 0.545. The number of esters is 1. The van der Waals surface area contributed by atoms with Crippen LogP contribution < -0.4 is 5.32 Å². The van der Waals surface area contributed by atoms with Gasteiger partial charge in [0.2, 0.25) is 5.91 Å². The summed E-state index contributed by atoms with van der Waals surface area (Å²) in [7, 11) is 0. The van der Waals surface area contributed by atoms with Crippen molar-refractivity contribution in [1.82, 2.24) is 5.32 Å². The van der Waals surface area contributed by atoms with Crippen LogP contribution in [0.1, 0.15) is 27.7 Å². The molecule has 0 saturated heterocycles. The average molecular weight is 199 g/mol. The molecule has 0 aliphatic heterocycles. The van der Waals surface area contributed by atoms with Gasteiger partial charge in [0.25, 0.3) is 0 Å². The van der Waals surface area contributed by atoms with Gasteiger partial charge in [-0.05, 0) is 27.7 Å². The molecule has 80 valence electrons. The van der Waals surface area contributed by atoms with Gasteiger partial charge in [-0.3, -0.25) is 4.79 Å². The van der Waals surface area contributed by atoms with Gasteiger partial charge in [-0.1, -0.05) is 0 Å². The summed E-state index contributed by atoms with van der Waals surface area (Å²) >= 11 is 0. The van der Waals surface area contributed by atoms with E-state index in [1.807, 2.05) is 20.8 Å². The van der Waals surface area contributed by atoms with Gasteiger partial charge in [-0.25, -0.2) is 4.79 Å². The first-order chi connectivity index (χ1) is 6.35. The second-order valence-electron chi connectivity index (χ2n) is 3.82. The van der Waals surface area contributed by atoms with E-state index in [9.17, 15) is 9.59 Å². The van der Waals surface area contributed by atoms with Crippen LogP contribution in [0.15, 0.2) is 12.2 Å². The van der Waals surface area contributed by atoms with Gasteiger partial charge in [-0.15, -0.1) is 0 Å². The van der Waals surface area contributed by atoms with Gasteiger partial charge in [0.05, 0.1) is 6.61 Å². The van der Waals surface area contributed by atoms with Crippen LogP contribution in [0, 0.1) is 0 Å². The zero-order valence-electron chi connectivity index (χ0n) is 9.09. The van der Waals surface area contributed by atoms with Crippen molar-refractivity contribution in [3.05, 3.63) is 12.2 Å². The maximum Gasteiger partial charge on any atom is 0.330 e. The fourth-order valence-electron chi connectivity index (χ4n) is 0.745. The first-order valence-electron chi connectivity index (χ1n) is 4.52. The molecule has 4 nitrogen and oxygen atoms in total. The molecular weight excluding hydrogens is 182 g/mol. The van der Waals surface area contributed by atoms with Crippen LogP contribution in [0.4, 0.5) is 0 Å². The topological polar surface area (TPSA) is 55.4 Å². The van der Waals surface area contributed by atoms with Crippen molar-refractivity contribution in [2.24, 2.45) is 0 Å². The van der Waals surface area contributed by atoms with Crippen molar-refractivity contribution in [2.45, 2.75) is 33.2 Å². The van der Waals surface area contributed by atoms with Gasteiger partial charge in [0.15, 0.2) is 0 Å². The number of hydrogen-bond donors (Lipinski definition) is 1. The lowest BCUT2D eigenvalue weighted by Crippen LogP contribution is -2.39. The Bertz CT molecular complexity index is 238. The highest BCUT2D eigenvalue weighted by atomic mass is 16.5. The molecule has 0 radical (unpaired) electrons. The van der Waals surface area contributed by atoms with Crippen LogP contribution in [0.25, 0.3) is 0 Å². The Kier molecular flexibility index (Phi) is 4.91. The van der Waals surface area contributed by atoms with E-state index >= 15 is 0 Å². The third-order valence-corrected chi connectivity index (χ3v) is 1.16. The van der Waals surface area contributed by atoms with Gasteiger partial charge >= 0.3 is 5.97 Å². The summed E-state index contributed by atoms with van der Waals surface area (Å²) in [5, 5.41) is 2.68. The average Bonchev–Trinajstić information content (AvgIpc) is 1.98. The standard InChI is InChI=1S/C10H17NO3/c1-5-14-9(13)7-6-8(12)11-10(2,3)4/h6-7H,5H2,1-4H3,(H,11,12)/b7-6+. The summed E-state index contributed by atoms with van der Waals surface area (Å²) in [5.41, 5.74) is -0.296. The summed E-state index contributed by atoms with van der Waals surface area (Å²) in [4.78, 5) is 22.0. The Morgan fingerprint density at radius 3 is 2.29 bits per heavy atom. The van der Waals surface area contributed by atoms with E-state index in [1.54, 1.807) is 6.92 Å². The summed E-state index contributed by atoms with van der Waals surface area (Å²) in [5.74, 6) is -0.804. The van der Waals surface area contributed by atoms with E-state index in [4.69, 9.17) is 0 Å². The Hall–Kier alpha value is -1.32. The van der Waals surface area contributed by atoms with E-state index in [0.717, 1.165) is 6.08 Å². The highest BCUT2D eigenvalue weighted by Crippen LogP contribution is 1.97. The second-order valence-corrected chi connectivity index (χ2v) is 3.82. The molecule has 0 aromatic rings. The minimum absolute atomic E-state index is 0.296. The molecule has 0 aliphatic rings. The molecule has 0 saturated carbocycles. The van der Waals surface area contributed by atoms with Crippen molar-refractivity contribution < 1.29 is 14.3 Å². The van der Waals surface area contributed by atoms with Crippen molar-refractivity contribution in [3.63, 3.8) is 0 Å². The first kappa shape index (κ1) is 12.7. The molecule has 1 N–H and O–H groups in total. The predicted octanol–water partition coefficient (Wildman–Crippen LogP) is 1.02. The monoisotopic (exact) mass is 199 g/mol. The number of carbonyl (C=O) groups is 2. The molecule has 1 amide bonds. The normalized spacial score (nSPS) is 11.4.